The highest BCUT2D eigenvalue weighted by Gasteiger charge is 2.14. The molecular weight excluding hydrogens is 432 g/mol. The number of hydrogen-bond donors (Lipinski definition) is 3. The number of para-hydroxylation sites is 1. The molecule has 0 atom stereocenters. The van der Waals surface area contributed by atoms with Crippen molar-refractivity contribution in [2.75, 3.05) is 46.4 Å². The van der Waals surface area contributed by atoms with Crippen molar-refractivity contribution < 1.29 is 33.3 Å². The molecule has 0 aliphatic rings. The maximum atomic E-state index is 12.3. The average Bonchev–Trinajstić information content (AvgIpc) is 2.83. The molecule has 0 radical (unpaired) electrons. The van der Waals surface area contributed by atoms with E-state index in [4.69, 9.17) is 18.9 Å². The van der Waals surface area contributed by atoms with Crippen molar-refractivity contribution in [1.29, 1.82) is 0 Å². The third-order valence-corrected chi connectivity index (χ3v) is 4.12. The van der Waals surface area contributed by atoms with E-state index in [1.165, 1.54) is 20.4 Å². The van der Waals surface area contributed by atoms with Gasteiger partial charge in [0.1, 0.15) is 5.75 Å². The third-order valence-electron chi connectivity index (χ3n) is 4.12. The van der Waals surface area contributed by atoms with E-state index in [0.717, 1.165) is 0 Å². The van der Waals surface area contributed by atoms with E-state index in [1.54, 1.807) is 49.6 Å². The topological polar surface area (TPSA) is 137 Å². The van der Waals surface area contributed by atoms with Gasteiger partial charge in [-0.25, -0.2) is 5.43 Å². The van der Waals surface area contributed by atoms with E-state index in [0.29, 0.717) is 22.7 Å². The summed E-state index contributed by atoms with van der Waals surface area (Å²) in [7, 11) is 4.48. The zero-order chi connectivity index (χ0) is 24.1. The number of ether oxygens (including phenoxy) is 4. The molecule has 0 aromatic heterocycles. The second kappa shape index (κ2) is 13.3. The summed E-state index contributed by atoms with van der Waals surface area (Å²) in [6, 6.07) is 11.8. The molecule has 2 aromatic carbocycles. The van der Waals surface area contributed by atoms with Crippen LogP contribution in [0, 0.1) is 0 Å². The van der Waals surface area contributed by atoms with Crippen LogP contribution in [-0.2, 0) is 19.1 Å². The third kappa shape index (κ3) is 8.15. The lowest BCUT2D eigenvalue weighted by Gasteiger charge is -2.13. The molecule has 0 aliphatic heterocycles. The Morgan fingerprint density at radius 3 is 2.39 bits per heavy atom. The van der Waals surface area contributed by atoms with Crippen molar-refractivity contribution >= 4 is 29.6 Å². The van der Waals surface area contributed by atoms with Gasteiger partial charge in [0.2, 0.25) is 0 Å². The van der Waals surface area contributed by atoms with Crippen molar-refractivity contribution in [2.24, 2.45) is 5.10 Å². The molecular formula is C22H26N4O7. The van der Waals surface area contributed by atoms with Crippen LogP contribution in [-0.4, -0.2) is 65.0 Å². The number of amides is 3. The van der Waals surface area contributed by atoms with Crippen molar-refractivity contribution in [2.45, 2.75) is 0 Å². The molecule has 2 rings (SSSR count). The molecule has 3 N–H and O–H groups in total. The van der Waals surface area contributed by atoms with E-state index < -0.39 is 17.7 Å². The van der Waals surface area contributed by atoms with Gasteiger partial charge in [-0.1, -0.05) is 6.07 Å². The Morgan fingerprint density at radius 1 is 0.970 bits per heavy atom. The number of nitrogens with zero attached hydrogens (tertiary/aromatic N) is 1. The fourth-order valence-electron chi connectivity index (χ4n) is 2.52. The van der Waals surface area contributed by atoms with Crippen LogP contribution in [0.3, 0.4) is 0 Å². The van der Waals surface area contributed by atoms with E-state index in [-0.39, 0.29) is 25.5 Å². The van der Waals surface area contributed by atoms with Gasteiger partial charge in [0, 0.05) is 24.9 Å². The lowest BCUT2D eigenvalue weighted by atomic mass is 10.2. The van der Waals surface area contributed by atoms with Gasteiger partial charge in [0.15, 0.2) is 18.1 Å². The molecule has 2 aromatic rings. The predicted molar refractivity (Wildman–Crippen MR) is 121 cm³/mol. The second-order valence-corrected chi connectivity index (χ2v) is 6.39. The zero-order valence-electron chi connectivity index (χ0n) is 18.5. The van der Waals surface area contributed by atoms with Crippen LogP contribution in [0.15, 0.2) is 47.6 Å². The Morgan fingerprint density at radius 2 is 1.73 bits per heavy atom. The number of carbonyl (C=O) groups excluding carboxylic acids is 3. The van der Waals surface area contributed by atoms with Crippen LogP contribution in [0.4, 0.5) is 5.69 Å². The maximum absolute atomic E-state index is 12.3. The number of nitrogens with one attached hydrogen (secondary N) is 3. The second-order valence-electron chi connectivity index (χ2n) is 6.39. The van der Waals surface area contributed by atoms with E-state index in [1.807, 2.05) is 0 Å². The van der Waals surface area contributed by atoms with Crippen molar-refractivity contribution in [3.05, 3.63) is 48.0 Å². The van der Waals surface area contributed by atoms with Gasteiger partial charge >= 0.3 is 11.8 Å². The quantitative estimate of drug-likeness (QED) is 0.197. The van der Waals surface area contributed by atoms with Gasteiger partial charge in [-0.05, 0) is 36.4 Å². The molecule has 0 heterocycles. The summed E-state index contributed by atoms with van der Waals surface area (Å²) >= 11 is 0. The molecule has 0 spiro atoms. The Kier molecular flexibility index (Phi) is 10.2. The minimum Gasteiger partial charge on any atom is -0.497 e. The monoisotopic (exact) mass is 458 g/mol. The van der Waals surface area contributed by atoms with Crippen LogP contribution in [0.1, 0.15) is 5.56 Å². The molecule has 3 amide bonds. The molecule has 0 aliphatic carbocycles. The average molecular weight is 458 g/mol. The lowest BCUT2D eigenvalue weighted by Crippen LogP contribution is -2.39. The molecule has 0 saturated heterocycles. The van der Waals surface area contributed by atoms with Gasteiger partial charge in [0.05, 0.1) is 27.0 Å². The van der Waals surface area contributed by atoms with Crippen LogP contribution in [0.5, 0.6) is 17.2 Å². The molecule has 11 heteroatoms. The summed E-state index contributed by atoms with van der Waals surface area (Å²) in [5.41, 5.74) is 3.13. The standard InChI is InChI=1S/C22H26N4O7/c1-30-12-11-23-21(28)22(29)26-24-13-15-5-4-6-18(32-3)20(15)33-14-19(27)25-16-7-9-17(31-2)10-8-16/h4-10,13H,11-12,14H2,1-3H3,(H,23,28)(H,25,27)(H,26,29)/b24-13-. The number of rotatable bonds is 11. The summed E-state index contributed by atoms with van der Waals surface area (Å²) < 4.78 is 20.8. The molecule has 0 fully saturated rings. The number of hydrazone groups is 1. The van der Waals surface area contributed by atoms with Gasteiger partial charge in [0.25, 0.3) is 5.91 Å². The Hall–Kier alpha value is -4.12. The number of benzene rings is 2. The minimum atomic E-state index is -0.938. The molecule has 0 bridgehead atoms. The first-order chi connectivity index (χ1) is 16.0. The van der Waals surface area contributed by atoms with Gasteiger partial charge < -0.3 is 29.6 Å². The van der Waals surface area contributed by atoms with Crippen molar-refractivity contribution in [3.63, 3.8) is 0 Å². The number of carbonyl (C=O) groups is 3. The highest BCUT2D eigenvalue weighted by molar-refractivity contribution is 6.35. The maximum Gasteiger partial charge on any atom is 0.329 e. The van der Waals surface area contributed by atoms with Crippen molar-refractivity contribution in [1.82, 2.24) is 10.7 Å². The summed E-state index contributed by atoms with van der Waals surface area (Å²) in [6.07, 6.45) is 1.28. The molecule has 176 valence electrons. The molecule has 0 unspecified atom stereocenters. The fraction of sp³-hybridized carbons (Fsp3) is 0.273. The highest BCUT2D eigenvalue weighted by Crippen LogP contribution is 2.30. The first-order valence-electron chi connectivity index (χ1n) is 9.82. The fourth-order valence-corrected chi connectivity index (χ4v) is 2.52. The summed E-state index contributed by atoms with van der Waals surface area (Å²) in [6.45, 7) is 0.166. The summed E-state index contributed by atoms with van der Waals surface area (Å²) in [5, 5.41) is 8.86. The van der Waals surface area contributed by atoms with Crippen molar-refractivity contribution in [3.8, 4) is 17.2 Å². The molecule has 33 heavy (non-hydrogen) atoms. The first kappa shape index (κ1) is 25.1. The predicted octanol–water partition coefficient (Wildman–Crippen LogP) is 0.934. The normalized spacial score (nSPS) is 10.4. The highest BCUT2D eigenvalue weighted by atomic mass is 16.5. The summed E-state index contributed by atoms with van der Waals surface area (Å²) in [5.74, 6) is -0.905. The summed E-state index contributed by atoms with van der Waals surface area (Å²) in [4.78, 5) is 35.7. The number of hydrogen-bond acceptors (Lipinski definition) is 8. The number of methoxy groups -OCH3 is 3. The van der Waals surface area contributed by atoms with Crippen LogP contribution >= 0.6 is 0 Å². The van der Waals surface area contributed by atoms with E-state index >= 15 is 0 Å². The first-order valence-corrected chi connectivity index (χ1v) is 9.82. The minimum absolute atomic E-state index is 0.193. The number of anilines is 1. The van der Waals surface area contributed by atoms with Crippen LogP contribution in [0.2, 0.25) is 0 Å². The largest absolute Gasteiger partial charge is 0.497 e. The lowest BCUT2D eigenvalue weighted by molar-refractivity contribution is -0.139. The van der Waals surface area contributed by atoms with Crippen LogP contribution < -0.4 is 30.3 Å². The Labute approximate surface area is 191 Å². The van der Waals surface area contributed by atoms with Gasteiger partial charge in [-0.3, -0.25) is 14.4 Å². The Balaban J connectivity index is 1.99. The van der Waals surface area contributed by atoms with Crippen LogP contribution in [0.25, 0.3) is 0 Å². The molecule has 0 saturated carbocycles. The SMILES string of the molecule is COCCNC(=O)C(=O)N/N=C\c1cccc(OC)c1OCC(=O)Nc1ccc(OC)cc1. The molecule has 11 nitrogen and oxygen atoms in total. The zero-order valence-corrected chi connectivity index (χ0v) is 18.5. The van der Waals surface area contributed by atoms with E-state index in [9.17, 15) is 14.4 Å². The van der Waals surface area contributed by atoms with E-state index in [2.05, 4.69) is 21.2 Å². The van der Waals surface area contributed by atoms with Gasteiger partial charge in [-0.2, -0.15) is 5.10 Å². The van der Waals surface area contributed by atoms with Gasteiger partial charge in [-0.15, -0.1) is 0 Å². The Bertz CT molecular complexity index is 977. The smallest absolute Gasteiger partial charge is 0.329 e.